The second kappa shape index (κ2) is 7.36. The highest BCUT2D eigenvalue weighted by molar-refractivity contribution is 5.92. The molecule has 1 amide bonds. The van der Waals surface area contributed by atoms with Crippen LogP contribution in [0.4, 0.5) is 0 Å². The van der Waals surface area contributed by atoms with Crippen molar-refractivity contribution >= 4 is 5.91 Å². The van der Waals surface area contributed by atoms with E-state index >= 15 is 0 Å². The Labute approximate surface area is 119 Å². The summed E-state index contributed by atoms with van der Waals surface area (Å²) in [6.45, 7) is 2.92. The van der Waals surface area contributed by atoms with Gasteiger partial charge in [0.1, 0.15) is 5.69 Å². The Morgan fingerprint density at radius 2 is 2.15 bits per heavy atom. The Morgan fingerprint density at radius 3 is 2.85 bits per heavy atom. The summed E-state index contributed by atoms with van der Waals surface area (Å²) in [6, 6.07) is 5.75. The number of ether oxygens (including phenoxy) is 1. The second-order valence-corrected chi connectivity index (χ2v) is 5.33. The number of rotatable bonds is 5. The first-order chi connectivity index (χ1) is 9.65. The van der Waals surface area contributed by atoms with Crippen LogP contribution in [0.15, 0.2) is 18.2 Å². The van der Waals surface area contributed by atoms with E-state index in [1.807, 2.05) is 19.1 Å². The van der Waals surface area contributed by atoms with Crippen molar-refractivity contribution in [2.45, 2.75) is 44.8 Å². The minimum atomic E-state index is -0.150. The minimum Gasteiger partial charge on any atom is -0.376 e. The van der Waals surface area contributed by atoms with Crippen LogP contribution < -0.4 is 11.1 Å². The first-order valence-electron chi connectivity index (χ1n) is 7.24. The molecule has 1 aliphatic rings. The van der Waals surface area contributed by atoms with Crippen LogP contribution in [0.2, 0.25) is 0 Å². The molecule has 5 heteroatoms. The summed E-state index contributed by atoms with van der Waals surface area (Å²) in [6.07, 6.45) is 4.40. The molecule has 1 heterocycles. The van der Waals surface area contributed by atoms with Crippen LogP contribution in [0.25, 0.3) is 0 Å². The Balaban J connectivity index is 1.64. The van der Waals surface area contributed by atoms with Crippen LogP contribution in [0.3, 0.4) is 0 Å². The van der Waals surface area contributed by atoms with E-state index in [-0.39, 0.29) is 5.91 Å². The Morgan fingerprint density at radius 1 is 1.40 bits per heavy atom. The van der Waals surface area contributed by atoms with Gasteiger partial charge in [-0.3, -0.25) is 4.79 Å². The molecule has 0 unspecified atom stereocenters. The predicted molar refractivity (Wildman–Crippen MR) is 77.5 cm³/mol. The Hall–Kier alpha value is -1.46. The molecular formula is C15H23N3O2. The zero-order valence-corrected chi connectivity index (χ0v) is 12.0. The van der Waals surface area contributed by atoms with Crippen LogP contribution in [0.5, 0.6) is 0 Å². The maximum Gasteiger partial charge on any atom is 0.269 e. The molecular weight excluding hydrogens is 254 g/mol. The smallest absolute Gasteiger partial charge is 0.269 e. The fourth-order valence-electron chi connectivity index (χ4n) is 2.41. The summed E-state index contributed by atoms with van der Waals surface area (Å²) >= 11 is 0. The van der Waals surface area contributed by atoms with Gasteiger partial charge in [-0.2, -0.15) is 0 Å². The fourth-order valence-corrected chi connectivity index (χ4v) is 2.41. The maximum atomic E-state index is 11.8. The van der Waals surface area contributed by atoms with E-state index in [4.69, 9.17) is 10.5 Å². The van der Waals surface area contributed by atoms with E-state index in [0.717, 1.165) is 31.4 Å². The molecule has 2 rings (SSSR count). The molecule has 0 aromatic carbocycles. The number of aryl methyl sites for hydroxylation is 1. The lowest BCUT2D eigenvalue weighted by Crippen LogP contribution is -2.33. The summed E-state index contributed by atoms with van der Waals surface area (Å²) < 4.78 is 5.75. The summed E-state index contributed by atoms with van der Waals surface area (Å²) in [5.74, 6) is -0.150. The molecule has 110 valence electrons. The maximum absolute atomic E-state index is 11.8. The summed E-state index contributed by atoms with van der Waals surface area (Å²) in [7, 11) is 0. The third-order valence-electron chi connectivity index (χ3n) is 3.58. The molecule has 0 aliphatic heterocycles. The average Bonchev–Trinajstić information content (AvgIpc) is 2.45. The number of amides is 1. The molecule has 0 bridgehead atoms. The van der Waals surface area contributed by atoms with Gasteiger partial charge < -0.3 is 15.8 Å². The van der Waals surface area contributed by atoms with Crippen molar-refractivity contribution in [3.05, 3.63) is 29.6 Å². The van der Waals surface area contributed by atoms with Gasteiger partial charge in [0, 0.05) is 18.3 Å². The van der Waals surface area contributed by atoms with Crippen molar-refractivity contribution in [2.75, 3.05) is 13.2 Å². The molecule has 1 aliphatic carbocycles. The van der Waals surface area contributed by atoms with E-state index in [1.54, 1.807) is 6.07 Å². The number of nitrogens with two attached hydrogens (primary N) is 1. The van der Waals surface area contributed by atoms with Gasteiger partial charge in [-0.1, -0.05) is 6.07 Å². The van der Waals surface area contributed by atoms with E-state index in [0.29, 0.717) is 31.0 Å². The predicted octanol–water partition coefficient (Wildman–Crippen LogP) is 1.41. The van der Waals surface area contributed by atoms with Crippen LogP contribution in [-0.4, -0.2) is 36.2 Å². The van der Waals surface area contributed by atoms with E-state index in [2.05, 4.69) is 10.3 Å². The molecule has 1 saturated carbocycles. The average molecular weight is 277 g/mol. The molecule has 0 radical (unpaired) electrons. The monoisotopic (exact) mass is 277 g/mol. The molecule has 1 fully saturated rings. The van der Waals surface area contributed by atoms with Crippen LogP contribution in [-0.2, 0) is 4.74 Å². The normalized spacial score (nSPS) is 22.5. The summed E-state index contributed by atoms with van der Waals surface area (Å²) in [5, 5.41) is 2.82. The lowest BCUT2D eigenvalue weighted by atomic mass is 9.94. The molecule has 3 N–H and O–H groups in total. The van der Waals surface area contributed by atoms with E-state index in [1.165, 1.54) is 0 Å². The third-order valence-corrected chi connectivity index (χ3v) is 3.58. The molecule has 1 aromatic rings. The largest absolute Gasteiger partial charge is 0.376 e. The van der Waals surface area contributed by atoms with Gasteiger partial charge >= 0.3 is 0 Å². The third kappa shape index (κ3) is 4.58. The lowest BCUT2D eigenvalue weighted by molar-refractivity contribution is 0.0267. The Bertz CT molecular complexity index is 442. The number of hydrogen-bond acceptors (Lipinski definition) is 4. The first kappa shape index (κ1) is 14.9. The zero-order valence-electron chi connectivity index (χ0n) is 12.0. The van der Waals surface area contributed by atoms with Gasteiger partial charge in [0.2, 0.25) is 0 Å². The molecule has 0 spiro atoms. The van der Waals surface area contributed by atoms with E-state index < -0.39 is 0 Å². The van der Waals surface area contributed by atoms with Crippen molar-refractivity contribution < 1.29 is 9.53 Å². The topological polar surface area (TPSA) is 77.2 Å². The van der Waals surface area contributed by atoms with Gasteiger partial charge in [-0.05, 0) is 44.7 Å². The highest BCUT2D eigenvalue weighted by Crippen LogP contribution is 2.19. The van der Waals surface area contributed by atoms with E-state index in [9.17, 15) is 4.79 Å². The van der Waals surface area contributed by atoms with Gasteiger partial charge in [0.15, 0.2) is 0 Å². The highest BCUT2D eigenvalue weighted by Gasteiger charge is 2.18. The van der Waals surface area contributed by atoms with Crippen molar-refractivity contribution in [1.29, 1.82) is 0 Å². The molecule has 20 heavy (non-hydrogen) atoms. The van der Waals surface area contributed by atoms with Gasteiger partial charge in [0.05, 0.1) is 12.7 Å². The van der Waals surface area contributed by atoms with Gasteiger partial charge in [0.25, 0.3) is 5.91 Å². The number of hydrogen-bond donors (Lipinski definition) is 2. The van der Waals surface area contributed by atoms with Crippen molar-refractivity contribution in [1.82, 2.24) is 10.3 Å². The Kier molecular flexibility index (Phi) is 5.49. The summed E-state index contributed by atoms with van der Waals surface area (Å²) in [5.41, 5.74) is 7.14. The number of nitrogens with zero attached hydrogens (tertiary/aromatic N) is 1. The first-order valence-corrected chi connectivity index (χ1v) is 7.24. The quantitative estimate of drug-likeness (QED) is 0.798. The molecule has 0 atom stereocenters. The van der Waals surface area contributed by atoms with Crippen LogP contribution >= 0.6 is 0 Å². The van der Waals surface area contributed by atoms with Crippen LogP contribution in [0, 0.1) is 6.92 Å². The summed E-state index contributed by atoms with van der Waals surface area (Å²) in [4.78, 5) is 16.0. The number of carbonyl (C=O) groups is 1. The van der Waals surface area contributed by atoms with Crippen molar-refractivity contribution in [3.8, 4) is 0 Å². The SMILES string of the molecule is Cc1cccc(C(=O)NCCOC2CCC(N)CC2)n1. The van der Waals surface area contributed by atoms with Gasteiger partial charge in [-0.25, -0.2) is 4.98 Å². The van der Waals surface area contributed by atoms with Crippen molar-refractivity contribution in [3.63, 3.8) is 0 Å². The lowest BCUT2D eigenvalue weighted by Gasteiger charge is -2.26. The molecule has 5 nitrogen and oxygen atoms in total. The zero-order chi connectivity index (χ0) is 14.4. The molecule has 0 saturated heterocycles. The highest BCUT2D eigenvalue weighted by atomic mass is 16.5. The van der Waals surface area contributed by atoms with Crippen molar-refractivity contribution in [2.24, 2.45) is 5.73 Å². The second-order valence-electron chi connectivity index (χ2n) is 5.33. The van der Waals surface area contributed by atoms with Gasteiger partial charge in [-0.15, -0.1) is 0 Å². The number of nitrogens with one attached hydrogen (secondary N) is 1. The molecule has 1 aromatic heterocycles. The van der Waals surface area contributed by atoms with Crippen LogP contribution in [0.1, 0.15) is 41.9 Å². The number of pyridine rings is 1. The standard InChI is InChI=1S/C15H23N3O2/c1-11-3-2-4-14(18-11)15(19)17-9-10-20-13-7-5-12(16)6-8-13/h2-4,12-13H,5-10,16H2,1H3,(H,17,19). The minimum absolute atomic E-state index is 0.150. The number of carbonyl (C=O) groups excluding carboxylic acids is 1. The fraction of sp³-hybridized carbons (Fsp3) is 0.600. The number of aromatic nitrogens is 1.